The molecule has 0 aromatic carbocycles. The highest BCUT2D eigenvalue weighted by Crippen LogP contribution is 2.13. The Kier molecular flexibility index (Phi) is 6.20. The van der Waals surface area contributed by atoms with Crippen LogP contribution in [0.2, 0.25) is 0 Å². The van der Waals surface area contributed by atoms with Crippen LogP contribution in [0, 0.1) is 5.92 Å². The molecule has 0 aliphatic carbocycles. The minimum Gasteiger partial charge on any atom is -0.389 e. The minimum atomic E-state index is -0.819. The molecule has 2 N–H and O–H groups in total. The summed E-state index contributed by atoms with van der Waals surface area (Å²) < 4.78 is 1.64. The average molecular weight is 281 g/mol. The standard InChI is InChI=1S/C15H27N3O2/c1-5-6-7-8-12(2)14(19)16-13-9-10-18(17-13)11-15(3,4)20/h9-10,12,20H,5-8,11H2,1-4H3,(H,16,17,19). The fourth-order valence-corrected chi connectivity index (χ4v) is 1.99. The van der Waals surface area contributed by atoms with E-state index >= 15 is 0 Å². The highest BCUT2D eigenvalue weighted by Gasteiger charge is 2.16. The van der Waals surface area contributed by atoms with Crippen LogP contribution in [0.5, 0.6) is 0 Å². The number of hydrogen-bond acceptors (Lipinski definition) is 3. The molecule has 0 radical (unpaired) electrons. The number of amides is 1. The SMILES string of the molecule is CCCCCC(C)C(=O)Nc1ccn(CC(C)(C)O)n1. The molecule has 20 heavy (non-hydrogen) atoms. The Morgan fingerprint density at radius 1 is 1.50 bits per heavy atom. The van der Waals surface area contributed by atoms with E-state index in [1.807, 2.05) is 6.92 Å². The summed E-state index contributed by atoms with van der Waals surface area (Å²) in [6.45, 7) is 7.94. The molecule has 1 unspecified atom stereocenters. The van der Waals surface area contributed by atoms with Crippen LogP contribution >= 0.6 is 0 Å². The fourth-order valence-electron chi connectivity index (χ4n) is 1.99. The molecule has 114 valence electrons. The first-order valence-electron chi connectivity index (χ1n) is 7.38. The average Bonchev–Trinajstić information content (AvgIpc) is 2.74. The van der Waals surface area contributed by atoms with Gasteiger partial charge in [-0.25, -0.2) is 0 Å². The van der Waals surface area contributed by atoms with Crippen LogP contribution in [0.4, 0.5) is 5.82 Å². The number of aliphatic hydroxyl groups is 1. The van der Waals surface area contributed by atoms with Crippen molar-refractivity contribution in [2.24, 2.45) is 5.92 Å². The number of carbonyl (C=O) groups excluding carboxylic acids is 1. The Bertz CT molecular complexity index is 421. The molecule has 5 heteroatoms. The highest BCUT2D eigenvalue weighted by molar-refractivity contribution is 5.91. The summed E-state index contributed by atoms with van der Waals surface area (Å²) in [5.41, 5.74) is -0.819. The summed E-state index contributed by atoms with van der Waals surface area (Å²) in [6, 6.07) is 1.75. The van der Waals surface area contributed by atoms with Crippen molar-refractivity contribution in [1.82, 2.24) is 9.78 Å². The molecule has 0 spiro atoms. The number of carbonyl (C=O) groups is 1. The van der Waals surface area contributed by atoms with E-state index in [1.165, 1.54) is 0 Å². The lowest BCUT2D eigenvalue weighted by Crippen LogP contribution is -2.26. The summed E-state index contributed by atoms with van der Waals surface area (Å²) in [7, 11) is 0. The number of anilines is 1. The maximum absolute atomic E-state index is 12.0. The summed E-state index contributed by atoms with van der Waals surface area (Å²) in [5.74, 6) is 0.553. The van der Waals surface area contributed by atoms with Gasteiger partial charge >= 0.3 is 0 Å². The molecule has 1 heterocycles. The molecule has 1 atom stereocenters. The van der Waals surface area contributed by atoms with E-state index in [0.29, 0.717) is 12.4 Å². The number of rotatable bonds is 8. The Morgan fingerprint density at radius 2 is 2.20 bits per heavy atom. The second kappa shape index (κ2) is 7.43. The molecule has 0 aliphatic rings. The van der Waals surface area contributed by atoms with Gasteiger partial charge in [0, 0.05) is 18.2 Å². The molecule has 1 aromatic rings. The zero-order valence-corrected chi connectivity index (χ0v) is 13.0. The van der Waals surface area contributed by atoms with Gasteiger partial charge in [0.15, 0.2) is 5.82 Å². The lowest BCUT2D eigenvalue weighted by atomic mass is 10.0. The minimum absolute atomic E-state index is 0.000910. The van der Waals surface area contributed by atoms with E-state index in [1.54, 1.807) is 30.8 Å². The number of nitrogens with zero attached hydrogens (tertiary/aromatic N) is 2. The van der Waals surface area contributed by atoms with Crippen molar-refractivity contribution in [3.05, 3.63) is 12.3 Å². The molecule has 1 rings (SSSR count). The summed E-state index contributed by atoms with van der Waals surface area (Å²) in [6.07, 6.45) is 6.07. The van der Waals surface area contributed by atoms with Gasteiger partial charge in [0.2, 0.25) is 5.91 Å². The van der Waals surface area contributed by atoms with Gasteiger partial charge in [-0.05, 0) is 20.3 Å². The summed E-state index contributed by atoms with van der Waals surface area (Å²) in [5, 5.41) is 16.8. The Labute approximate surface area is 121 Å². The van der Waals surface area contributed by atoms with E-state index in [9.17, 15) is 9.90 Å². The van der Waals surface area contributed by atoms with Crippen molar-refractivity contribution >= 4 is 11.7 Å². The van der Waals surface area contributed by atoms with Gasteiger partial charge in [-0.3, -0.25) is 9.48 Å². The molecule has 0 bridgehead atoms. The monoisotopic (exact) mass is 281 g/mol. The third kappa shape index (κ3) is 6.19. The van der Waals surface area contributed by atoms with Gasteiger partial charge in [-0.1, -0.05) is 33.1 Å². The van der Waals surface area contributed by atoms with Crippen molar-refractivity contribution in [3.63, 3.8) is 0 Å². The molecular formula is C15H27N3O2. The predicted molar refractivity (Wildman–Crippen MR) is 80.5 cm³/mol. The Balaban J connectivity index is 2.46. The van der Waals surface area contributed by atoms with E-state index in [0.717, 1.165) is 25.7 Å². The number of unbranched alkanes of at least 4 members (excludes halogenated alkanes) is 2. The van der Waals surface area contributed by atoms with Crippen LogP contribution in [0.1, 0.15) is 53.4 Å². The molecule has 0 saturated carbocycles. The van der Waals surface area contributed by atoms with E-state index in [-0.39, 0.29) is 11.8 Å². The summed E-state index contributed by atoms with van der Waals surface area (Å²) in [4.78, 5) is 12.0. The van der Waals surface area contributed by atoms with Crippen LogP contribution in [-0.2, 0) is 11.3 Å². The number of hydrogen-bond donors (Lipinski definition) is 2. The normalized spacial score (nSPS) is 13.2. The first-order valence-corrected chi connectivity index (χ1v) is 7.38. The lowest BCUT2D eigenvalue weighted by Gasteiger charge is -2.16. The zero-order valence-electron chi connectivity index (χ0n) is 13.0. The summed E-state index contributed by atoms with van der Waals surface area (Å²) >= 11 is 0. The van der Waals surface area contributed by atoms with Crippen LogP contribution < -0.4 is 5.32 Å². The molecular weight excluding hydrogens is 254 g/mol. The van der Waals surface area contributed by atoms with E-state index < -0.39 is 5.60 Å². The molecule has 0 aliphatic heterocycles. The van der Waals surface area contributed by atoms with Crippen molar-refractivity contribution in [2.45, 2.75) is 65.5 Å². The zero-order chi connectivity index (χ0) is 15.2. The van der Waals surface area contributed by atoms with Crippen LogP contribution in [0.3, 0.4) is 0 Å². The van der Waals surface area contributed by atoms with Crippen molar-refractivity contribution < 1.29 is 9.90 Å². The maximum atomic E-state index is 12.0. The Morgan fingerprint density at radius 3 is 2.80 bits per heavy atom. The van der Waals surface area contributed by atoms with Gasteiger partial charge in [-0.2, -0.15) is 5.10 Å². The molecule has 0 fully saturated rings. The van der Waals surface area contributed by atoms with Crippen LogP contribution in [0.25, 0.3) is 0 Å². The van der Waals surface area contributed by atoms with Crippen molar-refractivity contribution in [2.75, 3.05) is 5.32 Å². The molecule has 0 saturated heterocycles. The van der Waals surface area contributed by atoms with Gasteiger partial charge in [-0.15, -0.1) is 0 Å². The Hall–Kier alpha value is -1.36. The largest absolute Gasteiger partial charge is 0.389 e. The second-order valence-corrected chi connectivity index (χ2v) is 6.10. The van der Waals surface area contributed by atoms with Gasteiger partial charge < -0.3 is 10.4 Å². The highest BCUT2D eigenvalue weighted by atomic mass is 16.3. The van der Waals surface area contributed by atoms with Gasteiger partial charge in [0.05, 0.1) is 12.1 Å². The van der Waals surface area contributed by atoms with Crippen molar-refractivity contribution in [3.8, 4) is 0 Å². The van der Waals surface area contributed by atoms with Crippen LogP contribution in [-0.4, -0.2) is 26.4 Å². The first kappa shape index (κ1) is 16.7. The third-order valence-corrected chi connectivity index (χ3v) is 3.13. The smallest absolute Gasteiger partial charge is 0.228 e. The second-order valence-electron chi connectivity index (χ2n) is 6.10. The lowest BCUT2D eigenvalue weighted by molar-refractivity contribution is -0.119. The van der Waals surface area contributed by atoms with E-state index in [4.69, 9.17) is 0 Å². The molecule has 5 nitrogen and oxygen atoms in total. The van der Waals surface area contributed by atoms with Crippen LogP contribution in [0.15, 0.2) is 12.3 Å². The third-order valence-electron chi connectivity index (χ3n) is 3.13. The topological polar surface area (TPSA) is 67.2 Å². The maximum Gasteiger partial charge on any atom is 0.228 e. The molecule has 1 aromatic heterocycles. The van der Waals surface area contributed by atoms with Crippen molar-refractivity contribution in [1.29, 1.82) is 0 Å². The first-order chi connectivity index (χ1) is 9.31. The van der Waals surface area contributed by atoms with Gasteiger partial charge in [0.1, 0.15) is 0 Å². The number of nitrogens with one attached hydrogen (secondary N) is 1. The number of aromatic nitrogens is 2. The van der Waals surface area contributed by atoms with Gasteiger partial charge in [0.25, 0.3) is 0 Å². The molecule has 1 amide bonds. The van der Waals surface area contributed by atoms with E-state index in [2.05, 4.69) is 17.3 Å². The fraction of sp³-hybridized carbons (Fsp3) is 0.733. The quantitative estimate of drug-likeness (QED) is 0.720. The predicted octanol–water partition coefficient (Wildman–Crippen LogP) is 2.81.